The number of benzene rings is 1. The van der Waals surface area contributed by atoms with Crippen LogP contribution in [0.1, 0.15) is 32.8 Å². The third-order valence-electron chi connectivity index (χ3n) is 3.79. The van der Waals surface area contributed by atoms with Gasteiger partial charge in [0.1, 0.15) is 0 Å². The van der Waals surface area contributed by atoms with Gasteiger partial charge in [-0.3, -0.25) is 14.4 Å². The minimum atomic E-state index is -0.944. The van der Waals surface area contributed by atoms with Gasteiger partial charge in [-0.15, -0.1) is 0 Å². The molecule has 0 fully saturated rings. The zero-order valence-corrected chi connectivity index (χ0v) is 14.6. The number of rotatable bonds is 9. The van der Waals surface area contributed by atoms with Crippen LogP contribution >= 0.6 is 0 Å². The van der Waals surface area contributed by atoms with Crippen LogP contribution in [0.15, 0.2) is 30.3 Å². The third-order valence-corrected chi connectivity index (χ3v) is 3.79. The van der Waals surface area contributed by atoms with Gasteiger partial charge in [0.25, 0.3) is 0 Å². The maximum atomic E-state index is 12.5. The first-order valence-corrected chi connectivity index (χ1v) is 8.12. The summed E-state index contributed by atoms with van der Waals surface area (Å²) in [6.07, 6.45) is 0.568. The zero-order chi connectivity index (χ0) is 18.1. The van der Waals surface area contributed by atoms with Crippen molar-refractivity contribution in [2.75, 3.05) is 19.6 Å². The number of carboxylic acid groups (broad SMARTS) is 1. The highest BCUT2D eigenvalue weighted by molar-refractivity contribution is 5.84. The largest absolute Gasteiger partial charge is 0.481 e. The molecule has 0 aliphatic carbocycles. The van der Waals surface area contributed by atoms with Gasteiger partial charge in [-0.1, -0.05) is 30.3 Å². The Morgan fingerprint density at radius 3 is 2.21 bits per heavy atom. The second-order valence-corrected chi connectivity index (χ2v) is 6.00. The van der Waals surface area contributed by atoms with E-state index in [1.807, 2.05) is 44.2 Å². The van der Waals surface area contributed by atoms with E-state index in [-0.39, 0.29) is 37.4 Å². The van der Waals surface area contributed by atoms with Crippen LogP contribution in [0.4, 0.5) is 0 Å². The molecule has 1 rings (SSSR count). The smallest absolute Gasteiger partial charge is 0.305 e. The minimum absolute atomic E-state index is 0.0278. The molecule has 0 aliphatic rings. The molecule has 2 amide bonds. The van der Waals surface area contributed by atoms with Gasteiger partial charge in [0.2, 0.25) is 11.8 Å². The van der Waals surface area contributed by atoms with Crippen molar-refractivity contribution in [1.29, 1.82) is 0 Å². The Balaban J connectivity index is 2.66. The van der Waals surface area contributed by atoms with E-state index in [0.29, 0.717) is 13.0 Å². The summed E-state index contributed by atoms with van der Waals surface area (Å²) >= 11 is 0. The monoisotopic (exact) mass is 334 g/mol. The summed E-state index contributed by atoms with van der Waals surface area (Å²) in [6.45, 7) is 5.69. The number of hydrogen-bond acceptors (Lipinski definition) is 3. The summed E-state index contributed by atoms with van der Waals surface area (Å²) in [5, 5.41) is 8.80. The maximum absolute atomic E-state index is 12.5. The molecule has 0 heterocycles. The molecule has 0 unspecified atom stereocenters. The van der Waals surface area contributed by atoms with Gasteiger partial charge >= 0.3 is 5.97 Å². The van der Waals surface area contributed by atoms with E-state index in [9.17, 15) is 14.4 Å². The lowest BCUT2D eigenvalue weighted by Gasteiger charge is -2.29. The number of hydrogen-bond donors (Lipinski definition) is 1. The highest BCUT2D eigenvalue weighted by atomic mass is 16.4. The second-order valence-electron chi connectivity index (χ2n) is 6.00. The van der Waals surface area contributed by atoms with Crippen molar-refractivity contribution in [3.05, 3.63) is 35.9 Å². The topological polar surface area (TPSA) is 77.9 Å². The van der Waals surface area contributed by atoms with Crippen LogP contribution in [0.3, 0.4) is 0 Å². The molecule has 0 saturated carbocycles. The van der Waals surface area contributed by atoms with Crippen molar-refractivity contribution in [1.82, 2.24) is 9.80 Å². The Morgan fingerprint density at radius 2 is 1.71 bits per heavy atom. The lowest BCUT2D eigenvalue weighted by Crippen LogP contribution is -2.46. The van der Waals surface area contributed by atoms with E-state index < -0.39 is 5.97 Å². The van der Waals surface area contributed by atoms with Crippen molar-refractivity contribution in [2.45, 2.75) is 39.7 Å². The average molecular weight is 334 g/mol. The fourth-order valence-corrected chi connectivity index (χ4v) is 2.40. The van der Waals surface area contributed by atoms with Gasteiger partial charge < -0.3 is 14.9 Å². The molecule has 0 saturated heterocycles. The lowest BCUT2D eigenvalue weighted by atomic mass is 10.1. The first-order valence-electron chi connectivity index (χ1n) is 8.12. The number of carbonyl (C=O) groups excluding carboxylic acids is 2. The molecule has 132 valence electrons. The van der Waals surface area contributed by atoms with Crippen LogP contribution in [0.5, 0.6) is 0 Å². The summed E-state index contributed by atoms with van der Waals surface area (Å²) in [6, 6.07) is 9.65. The number of nitrogens with zero attached hydrogens (tertiary/aromatic N) is 2. The summed E-state index contributed by atoms with van der Waals surface area (Å²) in [4.78, 5) is 38.0. The molecular formula is C18H26N2O4. The third kappa shape index (κ3) is 6.81. The first-order chi connectivity index (χ1) is 11.3. The zero-order valence-electron chi connectivity index (χ0n) is 14.6. The van der Waals surface area contributed by atoms with Crippen molar-refractivity contribution in [3.8, 4) is 0 Å². The van der Waals surface area contributed by atoms with Crippen molar-refractivity contribution >= 4 is 17.8 Å². The standard InChI is InChI=1S/C18H26N2O4/c1-14(2)20(12-10-18(23)24)17(22)13-19(15(3)21)11-9-16-7-5-4-6-8-16/h4-8,14H,9-13H2,1-3H3,(H,23,24). The lowest BCUT2D eigenvalue weighted by molar-refractivity contribution is -0.142. The van der Waals surface area contributed by atoms with Crippen LogP contribution < -0.4 is 0 Å². The number of aliphatic carboxylic acids is 1. The summed E-state index contributed by atoms with van der Waals surface area (Å²) < 4.78 is 0. The van der Waals surface area contributed by atoms with Crippen LogP contribution in [0, 0.1) is 0 Å². The molecule has 6 nitrogen and oxygen atoms in total. The van der Waals surface area contributed by atoms with E-state index in [1.165, 1.54) is 16.7 Å². The summed E-state index contributed by atoms with van der Waals surface area (Å²) in [7, 11) is 0. The Morgan fingerprint density at radius 1 is 1.08 bits per heavy atom. The molecule has 0 radical (unpaired) electrons. The predicted octanol–water partition coefficient (Wildman–Crippen LogP) is 1.79. The Hall–Kier alpha value is -2.37. The first kappa shape index (κ1) is 19.7. The number of amides is 2. The molecule has 1 aromatic carbocycles. The van der Waals surface area contributed by atoms with Crippen molar-refractivity contribution in [2.24, 2.45) is 0 Å². The highest BCUT2D eigenvalue weighted by Gasteiger charge is 2.21. The number of carbonyl (C=O) groups is 3. The second kappa shape index (κ2) is 9.70. The SMILES string of the molecule is CC(=O)N(CCc1ccccc1)CC(=O)N(CCC(=O)O)C(C)C. The quantitative estimate of drug-likeness (QED) is 0.747. The van der Waals surface area contributed by atoms with Crippen LogP contribution in [-0.2, 0) is 20.8 Å². The van der Waals surface area contributed by atoms with Crippen LogP contribution in [0.2, 0.25) is 0 Å². The van der Waals surface area contributed by atoms with Gasteiger partial charge in [0, 0.05) is 26.1 Å². The molecule has 0 atom stereocenters. The van der Waals surface area contributed by atoms with E-state index >= 15 is 0 Å². The van der Waals surface area contributed by atoms with Gasteiger partial charge in [0.05, 0.1) is 13.0 Å². The molecule has 0 bridgehead atoms. The van der Waals surface area contributed by atoms with E-state index in [1.54, 1.807) is 0 Å². The molecule has 1 aromatic rings. The Bertz CT molecular complexity index is 557. The average Bonchev–Trinajstić information content (AvgIpc) is 2.51. The summed E-state index contributed by atoms with van der Waals surface area (Å²) in [5.74, 6) is -1.34. The van der Waals surface area contributed by atoms with E-state index in [2.05, 4.69) is 0 Å². The molecule has 1 N–H and O–H groups in total. The Kier molecular flexibility index (Phi) is 7.95. The van der Waals surface area contributed by atoms with Crippen LogP contribution in [-0.4, -0.2) is 58.4 Å². The number of carboxylic acids is 1. The molecule has 0 aliphatic heterocycles. The van der Waals surface area contributed by atoms with Gasteiger partial charge in [-0.05, 0) is 25.8 Å². The molecule has 24 heavy (non-hydrogen) atoms. The van der Waals surface area contributed by atoms with Gasteiger partial charge in [-0.2, -0.15) is 0 Å². The van der Waals surface area contributed by atoms with Gasteiger partial charge in [0.15, 0.2) is 0 Å². The molecule has 0 spiro atoms. The fourth-order valence-electron chi connectivity index (χ4n) is 2.40. The highest BCUT2D eigenvalue weighted by Crippen LogP contribution is 2.06. The van der Waals surface area contributed by atoms with Crippen LogP contribution in [0.25, 0.3) is 0 Å². The fraction of sp³-hybridized carbons (Fsp3) is 0.500. The van der Waals surface area contributed by atoms with Gasteiger partial charge in [-0.25, -0.2) is 0 Å². The van der Waals surface area contributed by atoms with Crippen molar-refractivity contribution in [3.63, 3.8) is 0 Å². The molecular weight excluding hydrogens is 308 g/mol. The Labute approximate surface area is 143 Å². The maximum Gasteiger partial charge on any atom is 0.305 e. The molecule has 6 heteroatoms. The normalized spacial score (nSPS) is 10.5. The van der Waals surface area contributed by atoms with E-state index in [0.717, 1.165) is 5.56 Å². The molecule has 0 aromatic heterocycles. The minimum Gasteiger partial charge on any atom is -0.481 e. The summed E-state index contributed by atoms with van der Waals surface area (Å²) in [5.41, 5.74) is 1.10. The van der Waals surface area contributed by atoms with E-state index in [4.69, 9.17) is 5.11 Å². The predicted molar refractivity (Wildman–Crippen MR) is 91.5 cm³/mol. The van der Waals surface area contributed by atoms with Crippen molar-refractivity contribution < 1.29 is 19.5 Å².